The van der Waals surface area contributed by atoms with Crippen molar-refractivity contribution in [1.82, 2.24) is 9.97 Å². The second-order valence-corrected chi connectivity index (χ2v) is 3.68. The van der Waals surface area contributed by atoms with Gasteiger partial charge >= 0.3 is 0 Å². The lowest BCUT2D eigenvalue weighted by Gasteiger charge is -2.05. The van der Waals surface area contributed by atoms with Crippen LogP contribution in [0.15, 0.2) is 36.8 Å². The maximum absolute atomic E-state index is 11.8. The Morgan fingerprint density at radius 3 is 2.88 bits per heavy atom. The number of nitrogen functional groups attached to an aromatic ring is 1. The quantitative estimate of drug-likeness (QED) is 0.818. The van der Waals surface area contributed by atoms with Crippen LogP contribution in [-0.2, 0) is 0 Å². The Balaban J connectivity index is 2.17. The molecule has 0 aromatic carbocycles. The highest BCUT2D eigenvalue weighted by Gasteiger charge is 2.07. The predicted molar refractivity (Wildman–Crippen MR) is 65.6 cm³/mol. The molecule has 2 rings (SSSR count). The molecule has 2 aromatic rings. The van der Waals surface area contributed by atoms with Crippen molar-refractivity contribution in [2.45, 2.75) is 6.92 Å². The van der Waals surface area contributed by atoms with Gasteiger partial charge < -0.3 is 11.1 Å². The van der Waals surface area contributed by atoms with Gasteiger partial charge in [0.15, 0.2) is 0 Å². The third kappa shape index (κ3) is 2.78. The van der Waals surface area contributed by atoms with Crippen LogP contribution in [0.2, 0.25) is 0 Å². The minimum atomic E-state index is -0.275. The average Bonchev–Trinajstić information content (AvgIpc) is 2.29. The molecule has 0 fully saturated rings. The molecule has 0 aliphatic carbocycles. The molecule has 5 heteroatoms. The molecule has 17 heavy (non-hydrogen) atoms. The molecule has 5 nitrogen and oxygen atoms in total. The predicted octanol–water partition coefficient (Wildman–Crippen LogP) is 1.62. The highest BCUT2D eigenvalue weighted by Crippen LogP contribution is 2.09. The molecule has 0 aliphatic heterocycles. The second-order valence-electron chi connectivity index (χ2n) is 3.68. The van der Waals surface area contributed by atoms with E-state index in [4.69, 9.17) is 5.73 Å². The molecular weight excluding hydrogens is 216 g/mol. The molecule has 0 radical (unpaired) electrons. The Labute approximate surface area is 98.7 Å². The van der Waals surface area contributed by atoms with Crippen molar-refractivity contribution >= 4 is 17.4 Å². The number of carbonyl (C=O) groups is 1. The highest BCUT2D eigenvalue weighted by molar-refractivity contribution is 6.04. The summed E-state index contributed by atoms with van der Waals surface area (Å²) in [5, 5.41) is 2.68. The van der Waals surface area contributed by atoms with Gasteiger partial charge in [0.25, 0.3) is 5.91 Å². The zero-order valence-electron chi connectivity index (χ0n) is 9.34. The van der Waals surface area contributed by atoms with E-state index in [-0.39, 0.29) is 5.91 Å². The van der Waals surface area contributed by atoms with E-state index < -0.39 is 0 Å². The number of aromatic nitrogens is 2. The SMILES string of the molecule is Cc1ccnc(NC(=O)c2cncc(N)c2)c1. The average molecular weight is 228 g/mol. The number of pyridine rings is 2. The van der Waals surface area contributed by atoms with Crippen molar-refractivity contribution in [2.24, 2.45) is 0 Å². The third-order valence-electron chi connectivity index (χ3n) is 2.18. The fourth-order valence-corrected chi connectivity index (χ4v) is 1.37. The maximum atomic E-state index is 11.8. The summed E-state index contributed by atoms with van der Waals surface area (Å²) in [6.45, 7) is 1.93. The Kier molecular flexibility index (Phi) is 3.00. The van der Waals surface area contributed by atoms with Crippen molar-refractivity contribution in [3.8, 4) is 0 Å². The van der Waals surface area contributed by atoms with E-state index >= 15 is 0 Å². The van der Waals surface area contributed by atoms with Crippen molar-refractivity contribution in [1.29, 1.82) is 0 Å². The topological polar surface area (TPSA) is 80.9 Å². The van der Waals surface area contributed by atoms with Crippen LogP contribution in [0, 0.1) is 6.92 Å². The van der Waals surface area contributed by atoms with Gasteiger partial charge in [-0.3, -0.25) is 9.78 Å². The van der Waals surface area contributed by atoms with E-state index in [1.807, 2.05) is 13.0 Å². The summed E-state index contributed by atoms with van der Waals surface area (Å²) in [6, 6.07) is 5.22. The Bertz CT molecular complexity index is 554. The van der Waals surface area contributed by atoms with Crippen molar-refractivity contribution < 1.29 is 4.79 Å². The van der Waals surface area contributed by atoms with Crippen LogP contribution >= 0.6 is 0 Å². The minimum absolute atomic E-state index is 0.275. The number of hydrogen-bond donors (Lipinski definition) is 2. The zero-order valence-corrected chi connectivity index (χ0v) is 9.34. The molecule has 0 aliphatic rings. The first-order valence-electron chi connectivity index (χ1n) is 5.10. The zero-order chi connectivity index (χ0) is 12.3. The number of nitrogens with two attached hydrogens (primary N) is 1. The summed E-state index contributed by atoms with van der Waals surface area (Å²) in [5.74, 6) is 0.236. The van der Waals surface area contributed by atoms with Gasteiger partial charge in [-0.05, 0) is 30.7 Å². The molecule has 0 saturated heterocycles. The molecule has 0 saturated carbocycles. The fraction of sp³-hybridized carbons (Fsp3) is 0.0833. The van der Waals surface area contributed by atoms with Crippen LogP contribution in [0.4, 0.5) is 11.5 Å². The summed E-state index contributed by atoms with van der Waals surface area (Å²) in [4.78, 5) is 19.7. The largest absolute Gasteiger partial charge is 0.397 e. The first-order chi connectivity index (χ1) is 8.15. The molecule has 0 unspecified atom stereocenters. The van der Waals surface area contributed by atoms with E-state index in [9.17, 15) is 4.79 Å². The normalized spacial score (nSPS) is 9.94. The van der Waals surface area contributed by atoms with Gasteiger partial charge in [0.05, 0.1) is 11.3 Å². The summed E-state index contributed by atoms with van der Waals surface area (Å²) < 4.78 is 0. The summed E-state index contributed by atoms with van der Waals surface area (Å²) >= 11 is 0. The van der Waals surface area contributed by atoms with Crippen LogP contribution in [0.25, 0.3) is 0 Å². The van der Waals surface area contributed by atoms with Crippen molar-refractivity contribution in [2.75, 3.05) is 11.1 Å². The number of rotatable bonds is 2. The number of nitrogens with zero attached hydrogens (tertiary/aromatic N) is 2. The smallest absolute Gasteiger partial charge is 0.258 e. The van der Waals surface area contributed by atoms with E-state index in [0.29, 0.717) is 17.1 Å². The fourth-order valence-electron chi connectivity index (χ4n) is 1.37. The number of anilines is 2. The Morgan fingerprint density at radius 1 is 1.35 bits per heavy atom. The van der Waals surface area contributed by atoms with Gasteiger partial charge in [0, 0.05) is 18.6 Å². The van der Waals surface area contributed by atoms with E-state index in [0.717, 1.165) is 5.56 Å². The van der Waals surface area contributed by atoms with Crippen LogP contribution in [0.3, 0.4) is 0 Å². The second kappa shape index (κ2) is 4.61. The lowest BCUT2D eigenvalue weighted by Crippen LogP contribution is -2.13. The molecule has 2 heterocycles. The van der Waals surface area contributed by atoms with Gasteiger partial charge in [-0.15, -0.1) is 0 Å². The first-order valence-corrected chi connectivity index (χ1v) is 5.10. The van der Waals surface area contributed by atoms with Gasteiger partial charge in [0.2, 0.25) is 0 Å². The van der Waals surface area contributed by atoms with Crippen LogP contribution in [0.5, 0.6) is 0 Å². The number of amides is 1. The molecule has 0 atom stereocenters. The number of aryl methyl sites for hydroxylation is 1. The third-order valence-corrected chi connectivity index (χ3v) is 2.18. The molecule has 3 N–H and O–H groups in total. The molecule has 0 bridgehead atoms. The van der Waals surface area contributed by atoms with Crippen LogP contribution in [0.1, 0.15) is 15.9 Å². The molecule has 86 valence electrons. The van der Waals surface area contributed by atoms with E-state index in [1.165, 1.54) is 12.4 Å². The molecular formula is C12H12N4O. The monoisotopic (exact) mass is 228 g/mol. The molecule has 0 spiro atoms. The van der Waals surface area contributed by atoms with E-state index in [1.54, 1.807) is 18.3 Å². The van der Waals surface area contributed by atoms with Gasteiger partial charge in [-0.25, -0.2) is 4.98 Å². The summed E-state index contributed by atoms with van der Waals surface area (Å²) in [6.07, 6.45) is 4.59. The number of nitrogens with one attached hydrogen (secondary N) is 1. The van der Waals surface area contributed by atoms with Gasteiger partial charge in [-0.1, -0.05) is 0 Å². The van der Waals surface area contributed by atoms with E-state index in [2.05, 4.69) is 15.3 Å². The highest BCUT2D eigenvalue weighted by atomic mass is 16.1. The summed E-state index contributed by atoms with van der Waals surface area (Å²) in [5.41, 5.74) is 7.45. The maximum Gasteiger partial charge on any atom is 0.258 e. The van der Waals surface area contributed by atoms with Gasteiger partial charge in [-0.2, -0.15) is 0 Å². The standard InChI is InChI=1S/C12H12N4O/c1-8-2-3-15-11(4-8)16-12(17)9-5-10(13)7-14-6-9/h2-7H,13H2,1H3,(H,15,16,17). The molecule has 1 amide bonds. The number of carbonyl (C=O) groups excluding carboxylic acids is 1. The summed E-state index contributed by atoms with van der Waals surface area (Å²) in [7, 11) is 0. The first kappa shape index (κ1) is 11.1. The Morgan fingerprint density at radius 2 is 2.18 bits per heavy atom. The lowest BCUT2D eigenvalue weighted by molar-refractivity contribution is 0.102. The van der Waals surface area contributed by atoms with Crippen molar-refractivity contribution in [3.63, 3.8) is 0 Å². The number of hydrogen-bond acceptors (Lipinski definition) is 4. The van der Waals surface area contributed by atoms with Crippen LogP contribution in [-0.4, -0.2) is 15.9 Å². The lowest BCUT2D eigenvalue weighted by atomic mass is 10.2. The molecule has 2 aromatic heterocycles. The minimum Gasteiger partial charge on any atom is -0.397 e. The van der Waals surface area contributed by atoms with Crippen LogP contribution < -0.4 is 11.1 Å². The van der Waals surface area contributed by atoms with Gasteiger partial charge in [0.1, 0.15) is 5.82 Å². The van der Waals surface area contributed by atoms with Crippen molar-refractivity contribution in [3.05, 3.63) is 47.9 Å². The Hall–Kier alpha value is -2.43.